The second kappa shape index (κ2) is 8.35. The molecule has 5 rings (SSSR count). The molecule has 156 valence electrons. The van der Waals surface area contributed by atoms with Gasteiger partial charge in [0, 0.05) is 36.0 Å². The van der Waals surface area contributed by atoms with Gasteiger partial charge in [-0.05, 0) is 47.0 Å². The van der Waals surface area contributed by atoms with Gasteiger partial charge in [0.05, 0.1) is 6.42 Å². The third kappa shape index (κ3) is 4.31. The summed E-state index contributed by atoms with van der Waals surface area (Å²) >= 11 is 3.44. The number of carbonyl (C=O) groups excluding carboxylic acids is 1. The molecule has 2 aliphatic rings. The predicted molar refractivity (Wildman–Crippen MR) is 128 cm³/mol. The summed E-state index contributed by atoms with van der Waals surface area (Å²) in [6.07, 6.45) is 6.46. The maximum absolute atomic E-state index is 12.7. The maximum atomic E-state index is 12.7. The first-order chi connectivity index (χ1) is 15.1. The van der Waals surface area contributed by atoms with Crippen LogP contribution in [0.1, 0.15) is 24.0 Å². The SMILES string of the molecule is O=C(Cc1ccc(Br)cc1)N1CCC2(C=Cc3cc(-c4ccccc4)ccc3O2)CC1. The minimum atomic E-state index is -0.310. The van der Waals surface area contributed by atoms with Crippen LogP contribution in [0.3, 0.4) is 0 Å². The van der Waals surface area contributed by atoms with Crippen molar-refractivity contribution in [1.82, 2.24) is 4.90 Å². The van der Waals surface area contributed by atoms with Crippen molar-refractivity contribution in [3.05, 3.63) is 94.5 Å². The van der Waals surface area contributed by atoms with Gasteiger partial charge in [-0.25, -0.2) is 0 Å². The Balaban J connectivity index is 1.24. The summed E-state index contributed by atoms with van der Waals surface area (Å²) in [6, 6.07) is 24.7. The minimum absolute atomic E-state index is 0.185. The van der Waals surface area contributed by atoms with Gasteiger partial charge in [0.25, 0.3) is 0 Å². The van der Waals surface area contributed by atoms with Crippen LogP contribution in [0.5, 0.6) is 5.75 Å². The molecule has 0 radical (unpaired) electrons. The molecular weight excluding hydrogens is 450 g/mol. The zero-order valence-corrected chi connectivity index (χ0v) is 18.8. The van der Waals surface area contributed by atoms with Crippen molar-refractivity contribution in [1.29, 1.82) is 0 Å². The Labute approximate surface area is 191 Å². The number of likely N-dealkylation sites (tertiary alicyclic amines) is 1. The lowest BCUT2D eigenvalue weighted by molar-refractivity contribution is -0.133. The number of hydrogen-bond acceptors (Lipinski definition) is 2. The molecule has 1 amide bonds. The van der Waals surface area contributed by atoms with E-state index in [2.05, 4.69) is 70.5 Å². The third-order valence-corrected chi connectivity index (χ3v) is 6.76. The van der Waals surface area contributed by atoms with Crippen LogP contribution in [0, 0.1) is 0 Å². The van der Waals surface area contributed by atoms with Gasteiger partial charge in [-0.1, -0.05) is 70.5 Å². The smallest absolute Gasteiger partial charge is 0.226 e. The van der Waals surface area contributed by atoms with E-state index in [4.69, 9.17) is 4.74 Å². The quantitative estimate of drug-likeness (QED) is 0.458. The first-order valence-electron chi connectivity index (χ1n) is 10.7. The van der Waals surface area contributed by atoms with E-state index in [-0.39, 0.29) is 11.5 Å². The third-order valence-electron chi connectivity index (χ3n) is 6.23. The van der Waals surface area contributed by atoms with Gasteiger partial charge >= 0.3 is 0 Å². The molecule has 0 bridgehead atoms. The van der Waals surface area contributed by atoms with Gasteiger partial charge in [0.2, 0.25) is 5.91 Å². The Bertz CT molecular complexity index is 1110. The fourth-order valence-corrected chi connectivity index (χ4v) is 4.63. The molecule has 4 heteroatoms. The highest BCUT2D eigenvalue weighted by molar-refractivity contribution is 9.10. The minimum Gasteiger partial charge on any atom is -0.482 e. The number of benzene rings is 3. The first kappa shape index (κ1) is 20.1. The second-order valence-corrected chi connectivity index (χ2v) is 9.22. The monoisotopic (exact) mass is 473 g/mol. The molecule has 0 saturated carbocycles. The lowest BCUT2D eigenvalue weighted by atomic mass is 9.87. The van der Waals surface area contributed by atoms with Crippen LogP contribution in [0.15, 0.2) is 83.3 Å². The van der Waals surface area contributed by atoms with E-state index < -0.39 is 0 Å². The number of hydrogen-bond donors (Lipinski definition) is 0. The number of carbonyl (C=O) groups is 1. The second-order valence-electron chi connectivity index (χ2n) is 8.30. The van der Waals surface area contributed by atoms with Crippen molar-refractivity contribution in [3.63, 3.8) is 0 Å². The van der Waals surface area contributed by atoms with Crippen molar-refractivity contribution in [2.75, 3.05) is 13.1 Å². The predicted octanol–water partition coefficient (Wildman–Crippen LogP) is 6.13. The average Bonchev–Trinajstić information content (AvgIpc) is 2.81. The summed E-state index contributed by atoms with van der Waals surface area (Å²) in [5.74, 6) is 1.11. The number of amides is 1. The van der Waals surface area contributed by atoms with Crippen molar-refractivity contribution < 1.29 is 9.53 Å². The van der Waals surface area contributed by atoms with Gasteiger partial charge in [-0.3, -0.25) is 4.79 Å². The lowest BCUT2D eigenvalue weighted by Crippen LogP contribution is -2.49. The van der Waals surface area contributed by atoms with Crippen LogP contribution in [-0.4, -0.2) is 29.5 Å². The Morgan fingerprint density at radius 3 is 2.42 bits per heavy atom. The van der Waals surface area contributed by atoms with Crippen LogP contribution in [-0.2, 0) is 11.2 Å². The van der Waals surface area contributed by atoms with E-state index in [1.165, 1.54) is 11.1 Å². The molecule has 3 aromatic carbocycles. The Hall–Kier alpha value is -2.85. The molecule has 0 aliphatic carbocycles. The number of ether oxygens (including phenoxy) is 1. The fraction of sp³-hybridized carbons (Fsp3) is 0.222. The van der Waals surface area contributed by atoms with Crippen molar-refractivity contribution in [2.24, 2.45) is 0 Å². The zero-order valence-electron chi connectivity index (χ0n) is 17.3. The van der Waals surface area contributed by atoms with E-state index in [0.717, 1.165) is 47.3 Å². The van der Waals surface area contributed by atoms with Crippen molar-refractivity contribution >= 4 is 27.9 Å². The standard InChI is InChI=1S/C27H24BrNO2/c28-24-9-6-20(7-10-24)18-26(30)29-16-14-27(15-17-29)13-12-23-19-22(8-11-25(23)31-27)21-4-2-1-3-5-21/h1-13,19H,14-18H2. The highest BCUT2D eigenvalue weighted by Gasteiger charge is 2.37. The Morgan fingerprint density at radius 2 is 1.68 bits per heavy atom. The highest BCUT2D eigenvalue weighted by atomic mass is 79.9. The van der Waals surface area contributed by atoms with E-state index in [1.807, 2.05) is 35.2 Å². The van der Waals surface area contributed by atoms with Crippen LogP contribution in [0.2, 0.25) is 0 Å². The molecule has 3 nitrogen and oxygen atoms in total. The summed E-state index contributed by atoms with van der Waals surface area (Å²) in [4.78, 5) is 14.7. The molecule has 2 heterocycles. The molecule has 0 N–H and O–H groups in total. The maximum Gasteiger partial charge on any atom is 0.226 e. The van der Waals surface area contributed by atoms with Gasteiger partial charge in [-0.15, -0.1) is 0 Å². The lowest BCUT2D eigenvalue weighted by Gasteiger charge is -2.42. The van der Waals surface area contributed by atoms with E-state index in [0.29, 0.717) is 6.42 Å². The van der Waals surface area contributed by atoms with Crippen molar-refractivity contribution in [2.45, 2.75) is 24.9 Å². The van der Waals surface area contributed by atoms with E-state index in [1.54, 1.807) is 0 Å². The van der Waals surface area contributed by atoms with Gasteiger partial charge in [0.15, 0.2) is 0 Å². The number of piperidine rings is 1. The largest absolute Gasteiger partial charge is 0.482 e. The van der Waals surface area contributed by atoms with Crippen LogP contribution < -0.4 is 4.74 Å². The number of halogens is 1. The molecule has 1 saturated heterocycles. The summed E-state index contributed by atoms with van der Waals surface area (Å²) in [6.45, 7) is 1.44. The molecule has 2 aliphatic heterocycles. The molecule has 31 heavy (non-hydrogen) atoms. The highest BCUT2D eigenvalue weighted by Crippen LogP contribution is 2.38. The molecule has 1 spiro atoms. The summed E-state index contributed by atoms with van der Waals surface area (Å²) in [5.41, 5.74) is 4.25. The fourth-order valence-electron chi connectivity index (χ4n) is 4.37. The summed E-state index contributed by atoms with van der Waals surface area (Å²) in [5, 5.41) is 0. The van der Waals surface area contributed by atoms with Crippen molar-refractivity contribution in [3.8, 4) is 16.9 Å². The Kier molecular flexibility index (Phi) is 5.41. The molecule has 3 aromatic rings. The van der Waals surface area contributed by atoms with Gasteiger partial charge in [0.1, 0.15) is 11.4 Å². The normalized spacial score (nSPS) is 16.6. The topological polar surface area (TPSA) is 29.5 Å². The molecule has 1 fully saturated rings. The first-order valence-corrected chi connectivity index (χ1v) is 11.5. The Morgan fingerprint density at radius 1 is 0.935 bits per heavy atom. The summed E-state index contributed by atoms with van der Waals surface area (Å²) < 4.78 is 7.51. The van der Waals surface area contributed by atoms with Crippen LogP contribution in [0.25, 0.3) is 17.2 Å². The van der Waals surface area contributed by atoms with Gasteiger partial charge in [-0.2, -0.15) is 0 Å². The number of nitrogens with zero attached hydrogens (tertiary/aromatic N) is 1. The number of rotatable bonds is 3. The van der Waals surface area contributed by atoms with Crippen LogP contribution in [0.4, 0.5) is 0 Å². The van der Waals surface area contributed by atoms with Gasteiger partial charge < -0.3 is 9.64 Å². The molecule has 0 atom stereocenters. The number of fused-ring (bicyclic) bond motifs is 1. The van der Waals surface area contributed by atoms with E-state index in [9.17, 15) is 4.79 Å². The average molecular weight is 474 g/mol. The van der Waals surface area contributed by atoms with E-state index >= 15 is 0 Å². The van der Waals surface area contributed by atoms with Crippen LogP contribution >= 0.6 is 15.9 Å². The zero-order chi connectivity index (χ0) is 21.3. The summed E-state index contributed by atoms with van der Waals surface area (Å²) in [7, 11) is 0. The molecular formula is C27H24BrNO2. The molecule has 0 unspecified atom stereocenters. The molecule has 0 aromatic heterocycles.